The Morgan fingerprint density at radius 1 is 1.00 bits per heavy atom. The number of halogens is 1. The third-order valence-corrected chi connectivity index (χ3v) is 6.10. The molecule has 4 rings (SSSR count). The summed E-state index contributed by atoms with van der Waals surface area (Å²) < 4.78 is 0. The lowest BCUT2D eigenvalue weighted by atomic mass is 10.1. The Labute approximate surface area is 167 Å². The quantitative estimate of drug-likeness (QED) is 0.665. The van der Waals surface area contributed by atoms with E-state index in [1.807, 2.05) is 30.3 Å². The monoisotopic (exact) mass is 398 g/mol. The second kappa shape index (κ2) is 7.79. The van der Waals surface area contributed by atoms with Gasteiger partial charge in [0.2, 0.25) is 0 Å². The predicted molar refractivity (Wildman–Crippen MR) is 111 cm³/mol. The molecule has 0 bridgehead atoms. The van der Waals surface area contributed by atoms with Crippen molar-refractivity contribution in [2.45, 2.75) is 19.4 Å². The molecule has 0 aliphatic carbocycles. The number of carbonyl (C=O) groups excluding carboxylic acids is 2. The van der Waals surface area contributed by atoms with E-state index in [4.69, 9.17) is 11.6 Å². The lowest BCUT2D eigenvalue weighted by molar-refractivity contribution is -0.123. The van der Waals surface area contributed by atoms with E-state index >= 15 is 0 Å². The SMILES string of the molecule is O=C1S/C(=C\c2ccc(N3CCCC3)cc2)C(=O)N1Cc1ccccc1Cl. The molecule has 2 saturated heterocycles. The summed E-state index contributed by atoms with van der Waals surface area (Å²) in [6.07, 6.45) is 4.26. The standard InChI is InChI=1S/C21H19ClN2O2S/c22-18-6-2-1-5-16(18)14-24-20(25)19(27-21(24)26)13-15-7-9-17(10-8-15)23-11-3-4-12-23/h1-2,5-10,13H,3-4,11-12,14H2/b19-13-. The Hall–Kier alpha value is -2.24. The van der Waals surface area contributed by atoms with Crippen LogP contribution in [0.3, 0.4) is 0 Å². The van der Waals surface area contributed by atoms with E-state index in [2.05, 4.69) is 17.0 Å². The molecular formula is C21H19ClN2O2S. The van der Waals surface area contributed by atoms with E-state index in [1.54, 1.807) is 12.1 Å². The molecule has 2 aromatic carbocycles. The van der Waals surface area contributed by atoms with E-state index in [0.717, 1.165) is 36.0 Å². The zero-order valence-electron chi connectivity index (χ0n) is 14.7. The number of carbonyl (C=O) groups is 2. The highest BCUT2D eigenvalue weighted by Crippen LogP contribution is 2.34. The van der Waals surface area contributed by atoms with Crippen LogP contribution >= 0.6 is 23.4 Å². The smallest absolute Gasteiger partial charge is 0.293 e. The third-order valence-electron chi connectivity index (χ3n) is 4.82. The molecule has 0 aromatic heterocycles. The van der Waals surface area contributed by atoms with E-state index < -0.39 is 0 Å². The number of benzene rings is 2. The molecule has 6 heteroatoms. The van der Waals surface area contributed by atoms with E-state index in [0.29, 0.717) is 9.93 Å². The van der Waals surface area contributed by atoms with Crippen LogP contribution in [0.15, 0.2) is 53.4 Å². The number of hydrogen-bond donors (Lipinski definition) is 0. The molecule has 0 atom stereocenters. The molecular weight excluding hydrogens is 380 g/mol. The zero-order valence-corrected chi connectivity index (χ0v) is 16.3. The molecule has 0 spiro atoms. The van der Waals surface area contributed by atoms with E-state index in [-0.39, 0.29) is 17.7 Å². The molecule has 2 aliphatic heterocycles. The molecule has 2 aromatic rings. The molecule has 138 valence electrons. The minimum absolute atomic E-state index is 0.190. The van der Waals surface area contributed by atoms with E-state index in [1.165, 1.54) is 23.4 Å². The number of hydrogen-bond acceptors (Lipinski definition) is 4. The van der Waals surface area contributed by atoms with Crippen molar-refractivity contribution in [1.29, 1.82) is 0 Å². The molecule has 0 N–H and O–H groups in total. The van der Waals surface area contributed by atoms with Crippen molar-refractivity contribution >= 4 is 46.3 Å². The Morgan fingerprint density at radius 3 is 2.41 bits per heavy atom. The first kappa shape index (κ1) is 18.1. The van der Waals surface area contributed by atoms with Crippen LogP contribution in [0.1, 0.15) is 24.0 Å². The van der Waals surface area contributed by atoms with Crippen molar-refractivity contribution in [1.82, 2.24) is 4.90 Å². The Morgan fingerprint density at radius 2 is 1.70 bits per heavy atom. The van der Waals surface area contributed by atoms with Gasteiger partial charge in [0.15, 0.2) is 0 Å². The van der Waals surface area contributed by atoms with Crippen LogP contribution in [-0.2, 0) is 11.3 Å². The van der Waals surface area contributed by atoms with Crippen molar-refractivity contribution < 1.29 is 9.59 Å². The van der Waals surface area contributed by atoms with Crippen LogP contribution in [0.4, 0.5) is 10.5 Å². The fourth-order valence-electron chi connectivity index (χ4n) is 3.34. The summed E-state index contributed by atoms with van der Waals surface area (Å²) >= 11 is 7.13. The van der Waals surface area contributed by atoms with Crippen molar-refractivity contribution in [3.05, 3.63) is 69.6 Å². The lowest BCUT2D eigenvalue weighted by Gasteiger charge is -2.17. The predicted octanol–water partition coefficient (Wildman–Crippen LogP) is 5.18. The van der Waals surface area contributed by atoms with Crippen LogP contribution in [0.25, 0.3) is 6.08 Å². The fourth-order valence-corrected chi connectivity index (χ4v) is 4.38. The van der Waals surface area contributed by atoms with Gasteiger partial charge in [-0.2, -0.15) is 0 Å². The number of thioether (sulfide) groups is 1. The van der Waals surface area contributed by atoms with Crippen molar-refractivity contribution in [2.24, 2.45) is 0 Å². The summed E-state index contributed by atoms with van der Waals surface area (Å²) in [5.74, 6) is -0.270. The average Bonchev–Trinajstić information content (AvgIpc) is 3.29. The number of amides is 2. The first-order valence-electron chi connectivity index (χ1n) is 8.95. The Bertz CT molecular complexity index is 905. The van der Waals surface area contributed by atoms with Gasteiger partial charge in [-0.3, -0.25) is 14.5 Å². The van der Waals surface area contributed by atoms with Gasteiger partial charge in [0, 0.05) is 23.8 Å². The maximum absolute atomic E-state index is 12.7. The Kier molecular flexibility index (Phi) is 5.23. The summed E-state index contributed by atoms with van der Waals surface area (Å²) in [7, 11) is 0. The first-order valence-corrected chi connectivity index (χ1v) is 10.1. The van der Waals surface area contributed by atoms with Gasteiger partial charge in [-0.15, -0.1) is 0 Å². The number of anilines is 1. The summed E-state index contributed by atoms with van der Waals surface area (Å²) in [6.45, 7) is 2.39. The minimum Gasteiger partial charge on any atom is -0.372 e. The maximum atomic E-state index is 12.7. The van der Waals surface area contributed by atoms with Crippen LogP contribution < -0.4 is 4.90 Å². The van der Waals surface area contributed by atoms with Gasteiger partial charge in [0.25, 0.3) is 11.1 Å². The van der Waals surface area contributed by atoms with Crippen molar-refractivity contribution in [2.75, 3.05) is 18.0 Å². The summed E-state index contributed by atoms with van der Waals surface area (Å²) in [4.78, 5) is 29.0. The second-order valence-electron chi connectivity index (χ2n) is 6.64. The van der Waals surface area contributed by atoms with Crippen LogP contribution in [0, 0.1) is 0 Å². The van der Waals surface area contributed by atoms with Gasteiger partial charge in [0.05, 0.1) is 11.4 Å². The lowest BCUT2D eigenvalue weighted by Crippen LogP contribution is -2.27. The van der Waals surface area contributed by atoms with Crippen LogP contribution in [0.2, 0.25) is 5.02 Å². The molecule has 0 saturated carbocycles. The normalized spacial score (nSPS) is 18.8. The first-order chi connectivity index (χ1) is 13.1. The van der Waals surface area contributed by atoms with E-state index in [9.17, 15) is 9.59 Å². The highest BCUT2D eigenvalue weighted by molar-refractivity contribution is 8.18. The van der Waals surface area contributed by atoms with Gasteiger partial charge < -0.3 is 4.90 Å². The average molecular weight is 399 g/mol. The number of rotatable bonds is 4. The van der Waals surface area contributed by atoms with Crippen molar-refractivity contribution in [3.63, 3.8) is 0 Å². The highest BCUT2D eigenvalue weighted by Gasteiger charge is 2.35. The third kappa shape index (κ3) is 3.89. The summed E-state index contributed by atoms with van der Waals surface area (Å²) in [5.41, 5.74) is 2.88. The van der Waals surface area contributed by atoms with Crippen LogP contribution in [-0.4, -0.2) is 29.1 Å². The fraction of sp³-hybridized carbons (Fsp3) is 0.238. The highest BCUT2D eigenvalue weighted by atomic mass is 35.5. The summed E-state index contributed by atoms with van der Waals surface area (Å²) in [6, 6.07) is 15.4. The topological polar surface area (TPSA) is 40.6 Å². The van der Waals surface area contributed by atoms with Gasteiger partial charge in [-0.1, -0.05) is 41.9 Å². The van der Waals surface area contributed by atoms with Gasteiger partial charge >= 0.3 is 0 Å². The largest absolute Gasteiger partial charge is 0.372 e. The van der Waals surface area contributed by atoms with Crippen LogP contribution in [0.5, 0.6) is 0 Å². The van der Waals surface area contributed by atoms with Crippen molar-refractivity contribution in [3.8, 4) is 0 Å². The molecule has 0 radical (unpaired) electrons. The Balaban J connectivity index is 1.50. The molecule has 0 unspecified atom stereocenters. The van der Waals surface area contributed by atoms with Gasteiger partial charge in [-0.05, 0) is 60.0 Å². The van der Waals surface area contributed by atoms with Gasteiger partial charge in [-0.25, -0.2) is 0 Å². The minimum atomic E-state index is -0.270. The molecule has 2 amide bonds. The molecule has 2 aliphatic rings. The molecule has 2 heterocycles. The molecule has 4 nitrogen and oxygen atoms in total. The summed E-state index contributed by atoms with van der Waals surface area (Å²) in [5, 5.41) is 0.290. The maximum Gasteiger partial charge on any atom is 0.293 e. The molecule has 2 fully saturated rings. The molecule has 27 heavy (non-hydrogen) atoms. The number of imide groups is 1. The number of nitrogens with zero attached hydrogens (tertiary/aromatic N) is 2. The zero-order chi connectivity index (χ0) is 18.8. The van der Waals surface area contributed by atoms with Gasteiger partial charge in [0.1, 0.15) is 0 Å². The second-order valence-corrected chi connectivity index (χ2v) is 8.05.